The lowest BCUT2D eigenvalue weighted by molar-refractivity contribution is -0.121. The van der Waals surface area contributed by atoms with Crippen LogP contribution in [-0.2, 0) is 4.79 Å². The van der Waals surface area contributed by atoms with Gasteiger partial charge < -0.3 is 0 Å². The maximum absolute atomic E-state index is 12.4. The molecule has 1 aromatic carbocycles. The van der Waals surface area contributed by atoms with Gasteiger partial charge in [-0.05, 0) is 43.3 Å². The average Bonchev–Trinajstić information content (AvgIpc) is 3.24. The minimum Gasteiger partial charge on any atom is -0.298 e. The van der Waals surface area contributed by atoms with Crippen LogP contribution in [0.5, 0.6) is 0 Å². The fourth-order valence-electron chi connectivity index (χ4n) is 2.69. The van der Waals surface area contributed by atoms with E-state index < -0.39 is 5.25 Å². The van der Waals surface area contributed by atoms with E-state index in [2.05, 4.69) is 25.6 Å². The highest BCUT2D eigenvalue weighted by atomic mass is 32.2. The molecule has 28 heavy (non-hydrogen) atoms. The monoisotopic (exact) mass is 413 g/mol. The molecule has 7 nitrogen and oxygen atoms in total. The summed E-state index contributed by atoms with van der Waals surface area (Å²) in [4.78, 5) is 25.5. The molecule has 4 rings (SSSR count). The van der Waals surface area contributed by atoms with Gasteiger partial charge in [0.25, 0.3) is 11.8 Å². The summed E-state index contributed by atoms with van der Waals surface area (Å²) in [6.45, 7) is 1.78. The van der Waals surface area contributed by atoms with Gasteiger partial charge in [0.15, 0.2) is 11.0 Å². The van der Waals surface area contributed by atoms with Crippen molar-refractivity contribution in [3.63, 3.8) is 0 Å². The van der Waals surface area contributed by atoms with Crippen LogP contribution in [0, 0.1) is 0 Å². The SMILES string of the molecule is C[C@H](Sc1nnc(-c2cccs2)n1C1CC1)C(=O)NNC(=O)c1ccccc1. The Balaban J connectivity index is 1.40. The fraction of sp³-hybridized carbons (Fsp3) is 0.263. The molecule has 2 amide bonds. The van der Waals surface area contributed by atoms with Crippen LogP contribution in [0.25, 0.3) is 10.7 Å². The van der Waals surface area contributed by atoms with Crippen LogP contribution >= 0.6 is 23.1 Å². The van der Waals surface area contributed by atoms with Gasteiger partial charge in [-0.3, -0.25) is 25.0 Å². The number of amides is 2. The van der Waals surface area contributed by atoms with Crippen LogP contribution in [-0.4, -0.2) is 31.8 Å². The minimum absolute atomic E-state index is 0.294. The molecular weight excluding hydrogens is 394 g/mol. The van der Waals surface area contributed by atoms with Crippen molar-refractivity contribution >= 4 is 34.9 Å². The topological polar surface area (TPSA) is 88.9 Å². The summed E-state index contributed by atoms with van der Waals surface area (Å²) in [5.74, 6) is 0.203. The maximum Gasteiger partial charge on any atom is 0.269 e. The lowest BCUT2D eigenvalue weighted by atomic mass is 10.2. The summed E-state index contributed by atoms with van der Waals surface area (Å²) in [7, 11) is 0. The molecule has 2 aromatic heterocycles. The lowest BCUT2D eigenvalue weighted by Crippen LogP contribution is -2.44. The quantitative estimate of drug-likeness (QED) is 0.478. The number of aromatic nitrogens is 3. The predicted molar refractivity (Wildman–Crippen MR) is 109 cm³/mol. The summed E-state index contributed by atoms with van der Waals surface area (Å²) in [5, 5.41) is 11.0. The van der Waals surface area contributed by atoms with Gasteiger partial charge in [0, 0.05) is 11.6 Å². The van der Waals surface area contributed by atoms with E-state index in [9.17, 15) is 9.59 Å². The van der Waals surface area contributed by atoms with Crippen LogP contribution in [0.4, 0.5) is 0 Å². The molecular formula is C19H19N5O2S2. The highest BCUT2D eigenvalue weighted by Crippen LogP contribution is 2.42. The second kappa shape index (κ2) is 8.15. The zero-order valence-corrected chi connectivity index (χ0v) is 16.8. The number of rotatable bonds is 6. The van der Waals surface area contributed by atoms with Crippen molar-refractivity contribution in [3.05, 3.63) is 53.4 Å². The molecule has 2 heterocycles. The fourth-order valence-corrected chi connectivity index (χ4v) is 4.31. The number of benzene rings is 1. The normalized spacial score (nSPS) is 14.5. The van der Waals surface area contributed by atoms with Gasteiger partial charge in [-0.15, -0.1) is 21.5 Å². The number of carbonyl (C=O) groups is 2. The van der Waals surface area contributed by atoms with Gasteiger partial charge in [-0.25, -0.2) is 0 Å². The molecule has 1 fully saturated rings. The van der Waals surface area contributed by atoms with Crippen molar-refractivity contribution in [1.82, 2.24) is 25.6 Å². The van der Waals surface area contributed by atoms with Crippen LogP contribution in [0.1, 0.15) is 36.2 Å². The number of hydrogen-bond donors (Lipinski definition) is 2. The third-order valence-corrected chi connectivity index (χ3v) is 6.23. The molecule has 1 atom stereocenters. The maximum atomic E-state index is 12.4. The Kier molecular flexibility index (Phi) is 5.45. The van der Waals surface area contributed by atoms with E-state index >= 15 is 0 Å². The molecule has 0 saturated heterocycles. The Morgan fingerprint density at radius 3 is 2.61 bits per heavy atom. The third kappa shape index (κ3) is 4.10. The summed E-state index contributed by atoms with van der Waals surface area (Å²) in [6.07, 6.45) is 2.19. The van der Waals surface area contributed by atoms with Crippen molar-refractivity contribution in [2.24, 2.45) is 0 Å². The van der Waals surface area contributed by atoms with Gasteiger partial charge in [-0.1, -0.05) is 36.0 Å². The van der Waals surface area contributed by atoms with E-state index in [0.717, 1.165) is 28.7 Å². The second-order valence-corrected chi connectivity index (χ2v) is 8.71. The van der Waals surface area contributed by atoms with Gasteiger partial charge >= 0.3 is 0 Å². The second-order valence-electron chi connectivity index (χ2n) is 6.45. The van der Waals surface area contributed by atoms with E-state index in [1.54, 1.807) is 42.5 Å². The Hall–Kier alpha value is -2.65. The zero-order chi connectivity index (χ0) is 19.5. The Bertz CT molecular complexity index is 968. The Morgan fingerprint density at radius 1 is 1.14 bits per heavy atom. The first kappa shape index (κ1) is 18.7. The minimum atomic E-state index is -0.436. The average molecular weight is 414 g/mol. The Morgan fingerprint density at radius 2 is 1.93 bits per heavy atom. The Labute approximate surface area is 170 Å². The highest BCUT2D eigenvalue weighted by molar-refractivity contribution is 8.00. The molecule has 2 N–H and O–H groups in total. The number of nitrogens with one attached hydrogen (secondary N) is 2. The van der Waals surface area contributed by atoms with E-state index in [-0.39, 0.29) is 11.8 Å². The molecule has 1 aliphatic rings. The predicted octanol–water partition coefficient (Wildman–Crippen LogP) is 3.28. The largest absolute Gasteiger partial charge is 0.298 e. The molecule has 1 aliphatic carbocycles. The number of thiophene rings is 1. The molecule has 0 spiro atoms. The summed E-state index contributed by atoms with van der Waals surface area (Å²) >= 11 is 2.97. The van der Waals surface area contributed by atoms with Gasteiger partial charge in [0.1, 0.15) is 0 Å². The van der Waals surface area contributed by atoms with Crippen molar-refractivity contribution in [3.8, 4) is 10.7 Å². The van der Waals surface area contributed by atoms with E-state index in [4.69, 9.17) is 0 Å². The molecule has 0 aliphatic heterocycles. The molecule has 144 valence electrons. The van der Waals surface area contributed by atoms with Crippen molar-refractivity contribution in [1.29, 1.82) is 0 Å². The molecule has 0 radical (unpaired) electrons. The summed E-state index contributed by atoms with van der Waals surface area (Å²) in [5.41, 5.74) is 5.42. The lowest BCUT2D eigenvalue weighted by Gasteiger charge is -2.13. The highest BCUT2D eigenvalue weighted by Gasteiger charge is 2.31. The number of hydrazine groups is 1. The van der Waals surface area contributed by atoms with E-state index in [1.165, 1.54) is 11.8 Å². The number of carbonyl (C=O) groups excluding carboxylic acids is 2. The third-order valence-electron chi connectivity index (χ3n) is 4.30. The van der Waals surface area contributed by atoms with Crippen LogP contribution in [0.3, 0.4) is 0 Å². The van der Waals surface area contributed by atoms with Crippen LogP contribution in [0.2, 0.25) is 0 Å². The van der Waals surface area contributed by atoms with Gasteiger partial charge in [-0.2, -0.15) is 0 Å². The number of thioether (sulfide) groups is 1. The molecule has 9 heteroatoms. The van der Waals surface area contributed by atoms with Crippen LogP contribution < -0.4 is 10.9 Å². The van der Waals surface area contributed by atoms with Crippen molar-refractivity contribution in [2.45, 2.75) is 36.2 Å². The number of hydrogen-bond acceptors (Lipinski definition) is 6. The smallest absolute Gasteiger partial charge is 0.269 e. The van der Waals surface area contributed by atoms with Crippen molar-refractivity contribution in [2.75, 3.05) is 0 Å². The van der Waals surface area contributed by atoms with E-state index in [1.807, 2.05) is 23.6 Å². The molecule has 0 unspecified atom stereocenters. The van der Waals surface area contributed by atoms with Crippen molar-refractivity contribution < 1.29 is 9.59 Å². The summed E-state index contributed by atoms with van der Waals surface area (Å²) in [6, 6.07) is 13.1. The first-order valence-electron chi connectivity index (χ1n) is 8.94. The first-order valence-corrected chi connectivity index (χ1v) is 10.7. The molecule has 1 saturated carbocycles. The van der Waals surface area contributed by atoms with Crippen LogP contribution in [0.15, 0.2) is 53.0 Å². The standard InChI is InChI=1S/C19H19N5O2S2/c1-12(17(25)21-22-18(26)13-6-3-2-4-7-13)28-19-23-20-16(15-8-5-11-27-15)24(19)14-9-10-14/h2-8,11-12,14H,9-10H2,1H3,(H,21,25)(H,22,26)/t12-/m0/s1. The number of nitrogens with zero attached hydrogens (tertiary/aromatic N) is 3. The first-order chi connectivity index (χ1) is 13.6. The van der Waals surface area contributed by atoms with Gasteiger partial charge in [0.2, 0.25) is 0 Å². The van der Waals surface area contributed by atoms with E-state index in [0.29, 0.717) is 11.6 Å². The zero-order valence-electron chi connectivity index (χ0n) is 15.2. The molecule has 3 aromatic rings. The molecule has 0 bridgehead atoms. The van der Waals surface area contributed by atoms with Gasteiger partial charge in [0.05, 0.1) is 10.1 Å². The summed E-state index contributed by atoms with van der Waals surface area (Å²) < 4.78 is 2.13.